The Hall–Kier alpha value is -3.31. The highest BCUT2D eigenvalue weighted by Crippen LogP contribution is 2.28. The molecule has 0 unspecified atom stereocenters. The predicted octanol–water partition coefficient (Wildman–Crippen LogP) is 3.96. The van der Waals surface area contributed by atoms with Crippen molar-refractivity contribution in [1.82, 2.24) is 20.1 Å². The van der Waals surface area contributed by atoms with E-state index in [9.17, 15) is 9.59 Å². The van der Waals surface area contributed by atoms with Crippen molar-refractivity contribution in [1.29, 1.82) is 0 Å². The number of halogens is 1. The molecule has 0 spiro atoms. The molecule has 0 atom stereocenters. The van der Waals surface area contributed by atoms with Crippen LogP contribution in [0.2, 0.25) is 0 Å². The maximum atomic E-state index is 12.3. The number of benzene rings is 2. The molecule has 0 aliphatic carbocycles. The van der Waals surface area contributed by atoms with E-state index in [2.05, 4.69) is 36.8 Å². The molecule has 0 saturated carbocycles. The number of carbonyl (C=O) groups is 2. The third-order valence-electron chi connectivity index (χ3n) is 4.98. The second-order valence-electron chi connectivity index (χ2n) is 7.42. The van der Waals surface area contributed by atoms with Gasteiger partial charge in [-0.05, 0) is 54.5 Å². The molecule has 0 radical (unpaired) electrons. The molecule has 0 fully saturated rings. The van der Waals surface area contributed by atoms with Crippen LogP contribution in [-0.2, 0) is 23.2 Å². The summed E-state index contributed by atoms with van der Waals surface area (Å²) in [5.41, 5.74) is 2.53. The van der Waals surface area contributed by atoms with Crippen LogP contribution in [0.4, 0.5) is 5.69 Å². The van der Waals surface area contributed by atoms with Crippen LogP contribution in [-0.4, -0.2) is 46.6 Å². The summed E-state index contributed by atoms with van der Waals surface area (Å²) in [6.45, 7) is 2.13. The van der Waals surface area contributed by atoms with Crippen molar-refractivity contribution in [2.45, 2.75) is 18.6 Å². The number of methoxy groups -OCH3 is 2. The maximum absolute atomic E-state index is 12.3. The zero-order valence-electron chi connectivity index (χ0n) is 19.8. The number of rotatable bonds is 10. The molecule has 0 saturated heterocycles. The quantitative estimate of drug-likeness (QED) is 0.286. The minimum Gasteiger partial charge on any atom is -0.493 e. The van der Waals surface area contributed by atoms with Gasteiger partial charge in [-0.2, -0.15) is 0 Å². The summed E-state index contributed by atoms with van der Waals surface area (Å²) >= 11 is 4.68. The van der Waals surface area contributed by atoms with Gasteiger partial charge in [0.05, 0.1) is 26.5 Å². The van der Waals surface area contributed by atoms with Crippen molar-refractivity contribution in [2.75, 3.05) is 25.3 Å². The van der Waals surface area contributed by atoms with Crippen LogP contribution in [0.5, 0.6) is 11.5 Å². The standard InChI is InChI=1S/C24H26BrN5O4S/c1-15-11-17(25)7-8-18(15)27-23(32)14-35-24-29-28-21(30(24)2)13-26-22(31)10-6-16-5-9-19(33-3)20(12-16)34-4/h5-12H,13-14H2,1-4H3,(H,26,31)(H,27,32). The van der Waals surface area contributed by atoms with Crippen LogP contribution in [0.25, 0.3) is 6.08 Å². The fraction of sp³-hybridized carbons (Fsp3) is 0.250. The Labute approximate surface area is 216 Å². The molecule has 1 heterocycles. The van der Waals surface area contributed by atoms with Crippen LogP contribution in [0.15, 0.2) is 52.1 Å². The Kier molecular flexibility index (Phi) is 9.32. The van der Waals surface area contributed by atoms with Crippen LogP contribution in [0.1, 0.15) is 17.0 Å². The smallest absolute Gasteiger partial charge is 0.244 e. The first-order valence-electron chi connectivity index (χ1n) is 10.6. The monoisotopic (exact) mass is 559 g/mol. The lowest BCUT2D eigenvalue weighted by Gasteiger charge is -2.08. The minimum atomic E-state index is -0.277. The molecule has 2 aromatic carbocycles. The number of carbonyl (C=O) groups excluding carboxylic acids is 2. The van der Waals surface area contributed by atoms with Crippen LogP contribution < -0.4 is 20.1 Å². The van der Waals surface area contributed by atoms with Crippen LogP contribution in [0.3, 0.4) is 0 Å². The normalized spacial score (nSPS) is 10.9. The highest BCUT2D eigenvalue weighted by molar-refractivity contribution is 9.10. The predicted molar refractivity (Wildman–Crippen MR) is 140 cm³/mol. The largest absolute Gasteiger partial charge is 0.493 e. The van der Waals surface area contributed by atoms with Gasteiger partial charge in [0.25, 0.3) is 0 Å². The molecule has 0 aliphatic heterocycles. The average molecular weight is 560 g/mol. The molecular formula is C24H26BrN5O4S. The van der Waals surface area contributed by atoms with Crippen molar-refractivity contribution >= 4 is 51.3 Å². The number of nitrogens with zero attached hydrogens (tertiary/aromatic N) is 3. The van der Waals surface area contributed by atoms with Gasteiger partial charge in [-0.25, -0.2) is 0 Å². The van der Waals surface area contributed by atoms with Gasteiger partial charge in [0.2, 0.25) is 11.8 Å². The molecule has 184 valence electrons. The molecular weight excluding hydrogens is 534 g/mol. The summed E-state index contributed by atoms with van der Waals surface area (Å²) in [4.78, 5) is 24.6. The van der Waals surface area contributed by atoms with E-state index in [4.69, 9.17) is 9.47 Å². The zero-order valence-corrected chi connectivity index (χ0v) is 22.2. The highest BCUT2D eigenvalue weighted by atomic mass is 79.9. The van der Waals surface area contributed by atoms with Gasteiger partial charge in [0.1, 0.15) is 0 Å². The van der Waals surface area contributed by atoms with Crippen molar-refractivity contribution in [3.63, 3.8) is 0 Å². The number of hydrogen-bond acceptors (Lipinski definition) is 7. The molecule has 35 heavy (non-hydrogen) atoms. The number of thioether (sulfide) groups is 1. The molecule has 1 aromatic heterocycles. The van der Waals surface area contributed by atoms with E-state index in [1.54, 1.807) is 44.0 Å². The Balaban J connectivity index is 1.50. The first-order chi connectivity index (χ1) is 16.8. The van der Waals surface area contributed by atoms with E-state index in [1.165, 1.54) is 17.8 Å². The summed E-state index contributed by atoms with van der Waals surface area (Å²) in [5.74, 6) is 1.54. The lowest BCUT2D eigenvalue weighted by Crippen LogP contribution is -2.22. The number of aromatic nitrogens is 3. The van der Waals surface area contributed by atoms with E-state index in [-0.39, 0.29) is 24.1 Å². The Morgan fingerprint density at radius 1 is 1.11 bits per heavy atom. The Morgan fingerprint density at radius 3 is 2.60 bits per heavy atom. The van der Waals surface area contributed by atoms with Gasteiger partial charge in [-0.15, -0.1) is 10.2 Å². The van der Waals surface area contributed by atoms with Gasteiger partial charge in [-0.1, -0.05) is 33.8 Å². The number of hydrogen-bond donors (Lipinski definition) is 2. The van der Waals surface area contributed by atoms with Gasteiger partial charge in [0, 0.05) is 23.3 Å². The van der Waals surface area contributed by atoms with Crippen molar-refractivity contribution in [3.8, 4) is 11.5 Å². The number of anilines is 1. The number of amides is 2. The minimum absolute atomic E-state index is 0.140. The third kappa shape index (κ3) is 7.33. The highest BCUT2D eigenvalue weighted by Gasteiger charge is 2.13. The average Bonchev–Trinajstić information content (AvgIpc) is 3.20. The van der Waals surface area contributed by atoms with E-state index >= 15 is 0 Å². The number of nitrogens with one attached hydrogen (secondary N) is 2. The fourth-order valence-corrected chi connectivity index (χ4v) is 4.27. The molecule has 3 aromatic rings. The summed E-state index contributed by atoms with van der Waals surface area (Å²) in [5, 5.41) is 14.5. The van der Waals surface area contributed by atoms with E-state index in [1.807, 2.05) is 31.2 Å². The lowest BCUT2D eigenvalue weighted by molar-refractivity contribution is -0.116. The van der Waals surface area contributed by atoms with Crippen molar-refractivity contribution in [3.05, 3.63) is 63.9 Å². The van der Waals surface area contributed by atoms with Crippen LogP contribution >= 0.6 is 27.7 Å². The van der Waals surface area contributed by atoms with Gasteiger partial charge < -0.3 is 24.7 Å². The molecule has 2 amide bonds. The maximum Gasteiger partial charge on any atom is 0.244 e. The number of aryl methyl sites for hydroxylation is 1. The van der Waals surface area contributed by atoms with Gasteiger partial charge >= 0.3 is 0 Å². The molecule has 2 N–H and O–H groups in total. The van der Waals surface area contributed by atoms with E-state index in [0.717, 1.165) is 21.3 Å². The fourth-order valence-electron chi connectivity index (χ4n) is 3.06. The Morgan fingerprint density at radius 2 is 1.89 bits per heavy atom. The zero-order chi connectivity index (χ0) is 25.4. The summed E-state index contributed by atoms with van der Waals surface area (Å²) in [7, 11) is 4.91. The van der Waals surface area contributed by atoms with Gasteiger partial charge in [-0.3, -0.25) is 9.59 Å². The molecule has 0 aliphatic rings. The second-order valence-corrected chi connectivity index (χ2v) is 9.28. The van der Waals surface area contributed by atoms with Crippen LogP contribution in [0, 0.1) is 6.92 Å². The second kappa shape index (κ2) is 12.4. The first kappa shape index (κ1) is 26.3. The SMILES string of the molecule is COc1ccc(C=CC(=O)NCc2nnc(SCC(=O)Nc3ccc(Br)cc3C)n2C)cc1OC. The number of ether oxygens (including phenoxy) is 2. The molecule has 0 bridgehead atoms. The van der Waals surface area contributed by atoms with Gasteiger partial charge in [0.15, 0.2) is 22.5 Å². The summed E-state index contributed by atoms with van der Waals surface area (Å²) < 4.78 is 13.2. The van der Waals surface area contributed by atoms with Crippen molar-refractivity contribution in [2.24, 2.45) is 7.05 Å². The lowest BCUT2D eigenvalue weighted by atomic mass is 10.2. The van der Waals surface area contributed by atoms with E-state index in [0.29, 0.717) is 22.5 Å². The van der Waals surface area contributed by atoms with Crippen molar-refractivity contribution < 1.29 is 19.1 Å². The first-order valence-corrected chi connectivity index (χ1v) is 12.3. The third-order valence-corrected chi connectivity index (χ3v) is 6.49. The Bertz CT molecular complexity index is 1240. The molecule has 3 rings (SSSR count). The summed E-state index contributed by atoms with van der Waals surface area (Å²) in [6, 6.07) is 11.0. The molecule has 9 nitrogen and oxygen atoms in total. The molecule has 11 heteroatoms. The topological polar surface area (TPSA) is 107 Å². The summed E-state index contributed by atoms with van der Waals surface area (Å²) in [6.07, 6.45) is 3.11. The van der Waals surface area contributed by atoms with E-state index < -0.39 is 0 Å².